The van der Waals surface area contributed by atoms with Crippen molar-refractivity contribution in [2.45, 2.75) is 62.9 Å². The quantitative estimate of drug-likeness (QED) is 0.833. The van der Waals surface area contributed by atoms with Crippen LogP contribution < -0.4 is 5.32 Å². The second-order valence-corrected chi connectivity index (χ2v) is 8.85. The van der Waals surface area contributed by atoms with E-state index in [1.165, 1.54) is 16.4 Å². The molecule has 1 aliphatic rings. The number of halogens is 1. The fourth-order valence-electron chi connectivity index (χ4n) is 3.03. The maximum atomic E-state index is 13.1. The average molecular weight is 373 g/mol. The van der Waals surface area contributed by atoms with E-state index in [4.69, 9.17) is 11.6 Å². The lowest BCUT2D eigenvalue weighted by Gasteiger charge is -2.33. The highest BCUT2D eigenvalue weighted by molar-refractivity contribution is 7.89. The number of hydrogen-bond donors (Lipinski definition) is 1. The molecule has 0 atom stereocenters. The molecule has 0 heterocycles. The summed E-state index contributed by atoms with van der Waals surface area (Å²) < 4.78 is 27.5. The standard InChI is InChI=1S/C17H25ClN2O3S/c1-13(2)19-17(21)12-20(15-6-4-3-5-7-15)24(22,23)16-10-8-14(18)9-11-16/h8-11,13,15H,3-7,12H2,1-2H3,(H,19,21). The van der Waals surface area contributed by atoms with Gasteiger partial charge in [0.1, 0.15) is 0 Å². The van der Waals surface area contributed by atoms with E-state index in [1.807, 2.05) is 13.8 Å². The Morgan fingerprint density at radius 2 is 1.79 bits per heavy atom. The molecule has 1 fully saturated rings. The van der Waals surface area contributed by atoms with Gasteiger partial charge < -0.3 is 5.32 Å². The van der Waals surface area contributed by atoms with Gasteiger partial charge in [-0.05, 0) is 51.0 Å². The van der Waals surface area contributed by atoms with Gasteiger partial charge in [0, 0.05) is 17.1 Å². The van der Waals surface area contributed by atoms with Gasteiger partial charge >= 0.3 is 0 Å². The molecule has 1 aromatic carbocycles. The summed E-state index contributed by atoms with van der Waals surface area (Å²) in [6.07, 6.45) is 4.68. The predicted molar refractivity (Wildman–Crippen MR) is 95.5 cm³/mol. The number of carbonyl (C=O) groups excluding carboxylic acids is 1. The van der Waals surface area contributed by atoms with Crippen LogP contribution in [0.5, 0.6) is 0 Å². The summed E-state index contributed by atoms with van der Waals surface area (Å²) in [6, 6.07) is 5.95. The largest absolute Gasteiger partial charge is 0.353 e. The third-order valence-electron chi connectivity index (χ3n) is 4.15. The molecule has 0 spiro atoms. The SMILES string of the molecule is CC(C)NC(=O)CN(C1CCCCC1)S(=O)(=O)c1ccc(Cl)cc1. The van der Waals surface area contributed by atoms with Crippen molar-refractivity contribution in [3.05, 3.63) is 29.3 Å². The molecule has 0 aliphatic heterocycles. The highest BCUT2D eigenvalue weighted by Gasteiger charge is 2.33. The predicted octanol–water partition coefficient (Wildman–Crippen LogP) is 3.19. The van der Waals surface area contributed by atoms with Crippen LogP contribution in [0.3, 0.4) is 0 Å². The zero-order chi connectivity index (χ0) is 17.7. The van der Waals surface area contributed by atoms with Crippen molar-refractivity contribution in [1.82, 2.24) is 9.62 Å². The van der Waals surface area contributed by atoms with Gasteiger partial charge in [0.25, 0.3) is 0 Å². The van der Waals surface area contributed by atoms with E-state index >= 15 is 0 Å². The number of rotatable bonds is 6. The Kier molecular flexibility index (Phi) is 6.66. The summed E-state index contributed by atoms with van der Waals surface area (Å²) in [5, 5.41) is 3.26. The van der Waals surface area contributed by atoms with Crippen LogP contribution in [0.4, 0.5) is 0 Å². The van der Waals surface area contributed by atoms with Gasteiger partial charge in [0.2, 0.25) is 15.9 Å². The fraction of sp³-hybridized carbons (Fsp3) is 0.588. The Labute approximate surface area is 149 Å². The number of nitrogens with one attached hydrogen (secondary N) is 1. The molecule has 2 rings (SSSR count). The summed E-state index contributed by atoms with van der Waals surface area (Å²) in [7, 11) is -3.73. The van der Waals surface area contributed by atoms with E-state index in [1.54, 1.807) is 12.1 Å². The molecular formula is C17H25ClN2O3S. The molecular weight excluding hydrogens is 348 g/mol. The lowest BCUT2D eigenvalue weighted by molar-refractivity contribution is -0.122. The second-order valence-electron chi connectivity index (χ2n) is 6.52. The normalized spacial score (nSPS) is 16.5. The van der Waals surface area contributed by atoms with Gasteiger partial charge in [-0.15, -0.1) is 0 Å². The summed E-state index contributed by atoms with van der Waals surface area (Å²) in [4.78, 5) is 12.4. The van der Waals surface area contributed by atoms with E-state index in [0.717, 1.165) is 32.1 Å². The smallest absolute Gasteiger partial charge is 0.243 e. The van der Waals surface area contributed by atoms with Crippen molar-refractivity contribution in [3.63, 3.8) is 0 Å². The number of sulfonamides is 1. The number of amides is 1. The maximum Gasteiger partial charge on any atom is 0.243 e. The molecule has 0 aromatic heterocycles. The van der Waals surface area contributed by atoms with Crippen LogP contribution in [0.15, 0.2) is 29.2 Å². The Morgan fingerprint density at radius 3 is 2.33 bits per heavy atom. The molecule has 1 aliphatic carbocycles. The van der Waals surface area contributed by atoms with Crippen molar-refractivity contribution < 1.29 is 13.2 Å². The van der Waals surface area contributed by atoms with Gasteiger partial charge in [-0.2, -0.15) is 4.31 Å². The van der Waals surface area contributed by atoms with Crippen LogP contribution in [0.2, 0.25) is 5.02 Å². The molecule has 0 bridgehead atoms. The van der Waals surface area contributed by atoms with Crippen molar-refractivity contribution in [2.24, 2.45) is 0 Å². The number of nitrogens with zero attached hydrogens (tertiary/aromatic N) is 1. The molecule has 24 heavy (non-hydrogen) atoms. The minimum absolute atomic E-state index is 0.0241. The molecule has 0 saturated heterocycles. The molecule has 7 heteroatoms. The first-order valence-corrected chi connectivity index (χ1v) is 10.2. The highest BCUT2D eigenvalue weighted by Crippen LogP contribution is 2.28. The van der Waals surface area contributed by atoms with Crippen molar-refractivity contribution >= 4 is 27.5 Å². The lowest BCUT2D eigenvalue weighted by Crippen LogP contribution is -2.48. The van der Waals surface area contributed by atoms with Gasteiger partial charge in [0.15, 0.2) is 0 Å². The minimum atomic E-state index is -3.73. The van der Waals surface area contributed by atoms with Crippen LogP contribution in [0.1, 0.15) is 46.0 Å². The third kappa shape index (κ3) is 4.94. The Bertz CT molecular complexity index is 653. The Morgan fingerprint density at radius 1 is 1.21 bits per heavy atom. The van der Waals surface area contributed by atoms with E-state index in [-0.39, 0.29) is 29.4 Å². The van der Waals surface area contributed by atoms with E-state index in [9.17, 15) is 13.2 Å². The second kappa shape index (κ2) is 8.32. The first kappa shape index (κ1) is 19.2. The fourth-order valence-corrected chi connectivity index (χ4v) is 4.80. The van der Waals surface area contributed by atoms with Crippen molar-refractivity contribution in [1.29, 1.82) is 0 Å². The minimum Gasteiger partial charge on any atom is -0.353 e. The van der Waals surface area contributed by atoms with Gasteiger partial charge in [-0.25, -0.2) is 8.42 Å². The first-order chi connectivity index (χ1) is 11.3. The molecule has 1 aromatic rings. The van der Waals surface area contributed by atoms with Crippen LogP contribution in [-0.4, -0.2) is 37.3 Å². The molecule has 1 amide bonds. The molecule has 5 nitrogen and oxygen atoms in total. The van der Waals surface area contributed by atoms with Crippen molar-refractivity contribution in [3.8, 4) is 0 Å². The summed E-state index contributed by atoms with van der Waals surface area (Å²) in [5.41, 5.74) is 0. The molecule has 1 saturated carbocycles. The average Bonchev–Trinajstić information content (AvgIpc) is 2.53. The Balaban J connectivity index is 2.29. The molecule has 0 radical (unpaired) electrons. The molecule has 1 N–H and O–H groups in total. The van der Waals surface area contributed by atoms with E-state index < -0.39 is 10.0 Å². The van der Waals surface area contributed by atoms with Crippen LogP contribution in [-0.2, 0) is 14.8 Å². The molecule has 0 unspecified atom stereocenters. The monoisotopic (exact) mass is 372 g/mol. The van der Waals surface area contributed by atoms with E-state index in [0.29, 0.717) is 5.02 Å². The summed E-state index contributed by atoms with van der Waals surface area (Å²) in [5.74, 6) is -0.270. The molecule has 134 valence electrons. The van der Waals surface area contributed by atoms with Crippen LogP contribution in [0.25, 0.3) is 0 Å². The van der Waals surface area contributed by atoms with Gasteiger partial charge in [-0.3, -0.25) is 4.79 Å². The summed E-state index contributed by atoms with van der Waals surface area (Å²) >= 11 is 5.86. The van der Waals surface area contributed by atoms with Gasteiger partial charge in [0.05, 0.1) is 11.4 Å². The number of benzene rings is 1. The van der Waals surface area contributed by atoms with Gasteiger partial charge in [-0.1, -0.05) is 30.9 Å². The topological polar surface area (TPSA) is 66.5 Å². The highest BCUT2D eigenvalue weighted by atomic mass is 35.5. The zero-order valence-electron chi connectivity index (χ0n) is 14.2. The third-order valence-corrected chi connectivity index (χ3v) is 6.32. The Hall–Kier alpha value is -1.11. The van der Waals surface area contributed by atoms with Crippen LogP contribution in [0, 0.1) is 0 Å². The number of hydrogen-bond acceptors (Lipinski definition) is 3. The lowest BCUT2D eigenvalue weighted by atomic mass is 9.95. The van der Waals surface area contributed by atoms with E-state index in [2.05, 4.69) is 5.32 Å². The number of carbonyl (C=O) groups is 1. The van der Waals surface area contributed by atoms with Crippen LogP contribution >= 0.6 is 11.6 Å². The maximum absolute atomic E-state index is 13.1. The first-order valence-electron chi connectivity index (χ1n) is 8.37. The van der Waals surface area contributed by atoms with Crippen molar-refractivity contribution in [2.75, 3.05) is 6.54 Å². The zero-order valence-corrected chi connectivity index (χ0v) is 15.7. The summed E-state index contributed by atoms with van der Waals surface area (Å²) in [6.45, 7) is 3.57.